The van der Waals surface area contributed by atoms with Gasteiger partial charge in [-0.05, 0) is 135 Å². The van der Waals surface area contributed by atoms with E-state index in [0.29, 0.717) is 36.5 Å². The molecule has 1 aliphatic carbocycles. The lowest BCUT2D eigenvalue weighted by Crippen LogP contribution is -2.48. The van der Waals surface area contributed by atoms with Crippen LogP contribution in [-0.2, 0) is 16.0 Å². The first-order valence-electron chi connectivity index (χ1n) is 18.2. The van der Waals surface area contributed by atoms with Gasteiger partial charge >= 0.3 is 6.09 Å². The largest absolute Gasteiger partial charge is 0.465 e. The first-order valence-corrected chi connectivity index (χ1v) is 18.2. The van der Waals surface area contributed by atoms with E-state index in [4.69, 9.17) is 5.11 Å². The molecule has 0 unspecified atom stereocenters. The van der Waals surface area contributed by atoms with E-state index < -0.39 is 12.1 Å². The van der Waals surface area contributed by atoms with Crippen LogP contribution in [0.15, 0.2) is 66.7 Å². The maximum atomic E-state index is 13.7. The number of carbonyl (C=O) groups is 4. The van der Waals surface area contributed by atoms with E-state index in [1.807, 2.05) is 49.4 Å². The number of nitrogens with one attached hydrogen (secondary N) is 5. The number of carboxylic acid groups (broad SMARTS) is 1. The van der Waals surface area contributed by atoms with Gasteiger partial charge in [-0.2, -0.15) is 5.21 Å². The molecule has 1 saturated heterocycles. The number of carbonyl (C=O) groups excluding carboxylic acids is 3. The smallest absolute Gasteiger partial charge is 0.404 e. The number of benzene rings is 3. The topological polar surface area (TPSA) is 194 Å². The van der Waals surface area contributed by atoms with Gasteiger partial charge in [0.15, 0.2) is 0 Å². The number of tetrazole rings is 1. The van der Waals surface area contributed by atoms with Crippen LogP contribution in [-0.4, -0.2) is 93.2 Å². The molecule has 14 nitrogen and oxygen atoms in total. The summed E-state index contributed by atoms with van der Waals surface area (Å²) in [7, 11) is 2.10. The fraction of sp³-hybridized carbons (Fsp3) is 0.410. The Morgan fingerprint density at radius 3 is 2.25 bits per heavy atom. The number of nitrogens with zero attached hydrogens (tertiary/aromatic N) is 4. The highest BCUT2D eigenvalue weighted by Crippen LogP contribution is 2.29. The summed E-state index contributed by atoms with van der Waals surface area (Å²) in [6, 6.07) is 20.1. The molecule has 4 aromatic rings. The molecule has 6 rings (SSSR count). The summed E-state index contributed by atoms with van der Waals surface area (Å²) in [6.07, 6.45) is 3.82. The molecular formula is C39H47N9O5. The minimum atomic E-state index is -1.05. The molecule has 2 aliphatic rings. The van der Waals surface area contributed by atoms with Crippen LogP contribution in [0.5, 0.6) is 0 Å². The molecule has 0 spiro atoms. The van der Waals surface area contributed by atoms with Crippen molar-refractivity contribution >= 4 is 29.5 Å². The number of likely N-dealkylation sites (tertiary alicyclic amines) is 1. The molecule has 3 aromatic carbocycles. The molecule has 1 atom stereocenters. The van der Waals surface area contributed by atoms with E-state index >= 15 is 0 Å². The number of hydrogen-bond acceptors (Lipinski definition) is 8. The van der Waals surface area contributed by atoms with Gasteiger partial charge < -0.3 is 31.3 Å². The molecule has 4 amide bonds. The van der Waals surface area contributed by atoms with Crippen LogP contribution in [0, 0.1) is 18.8 Å². The van der Waals surface area contributed by atoms with Gasteiger partial charge in [-0.25, -0.2) is 4.79 Å². The van der Waals surface area contributed by atoms with Gasteiger partial charge in [0, 0.05) is 41.7 Å². The number of hydrogen-bond donors (Lipinski definition) is 6. The average molecular weight is 722 g/mol. The van der Waals surface area contributed by atoms with Crippen molar-refractivity contribution in [2.75, 3.05) is 32.0 Å². The molecule has 14 heteroatoms. The fourth-order valence-electron chi connectivity index (χ4n) is 7.18. The number of piperidine rings is 1. The monoisotopic (exact) mass is 721 g/mol. The minimum Gasteiger partial charge on any atom is -0.465 e. The number of aromatic nitrogens is 4. The van der Waals surface area contributed by atoms with Crippen molar-refractivity contribution in [2.45, 2.75) is 64.0 Å². The van der Waals surface area contributed by atoms with Crippen LogP contribution < -0.4 is 21.3 Å². The average Bonchev–Trinajstić information content (AvgIpc) is 3.71. The molecule has 6 N–H and O–H groups in total. The van der Waals surface area contributed by atoms with Crippen LogP contribution in [0.3, 0.4) is 0 Å². The summed E-state index contributed by atoms with van der Waals surface area (Å²) in [5, 5.41) is 34.5. The van der Waals surface area contributed by atoms with Crippen LogP contribution in [0.4, 0.5) is 10.5 Å². The Labute approximate surface area is 308 Å². The zero-order chi connectivity index (χ0) is 37.3. The van der Waals surface area contributed by atoms with Gasteiger partial charge in [0.25, 0.3) is 5.91 Å². The van der Waals surface area contributed by atoms with Crippen molar-refractivity contribution in [3.8, 4) is 22.5 Å². The van der Waals surface area contributed by atoms with Gasteiger partial charge in [0.05, 0.1) is 0 Å². The van der Waals surface area contributed by atoms with Crippen molar-refractivity contribution in [2.24, 2.45) is 11.8 Å². The molecule has 1 aliphatic heterocycles. The molecule has 2 fully saturated rings. The van der Waals surface area contributed by atoms with Crippen molar-refractivity contribution in [3.05, 3.63) is 83.4 Å². The Morgan fingerprint density at radius 1 is 0.906 bits per heavy atom. The van der Waals surface area contributed by atoms with Crippen molar-refractivity contribution in [3.63, 3.8) is 0 Å². The predicted molar refractivity (Wildman–Crippen MR) is 200 cm³/mol. The lowest BCUT2D eigenvalue weighted by Gasteiger charge is -2.29. The summed E-state index contributed by atoms with van der Waals surface area (Å²) in [5.41, 5.74) is 5.77. The molecule has 1 aromatic heterocycles. The van der Waals surface area contributed by atoms with Gasteiger partial charge in [-0.15, -0.1) is 10.2 Å². The lowest BCUT2D eigenvalue weighted by atomic mass is 9.81. The summed E-state index contributed by atoms with van der Waals surface area (Å²) in [4.78, 5) is 53.5. The van der Waals surface area contributed by atoms with Gasteiger partial charge in [-0.3, -0.25) is 14.4 Å². The van der Waals surface area contributed by atoms with E-state index in [2.05, 4.69) is 53.8 Å². The summed E-state index contributed by atoms with van der Waals surface area (Å²) in [5.74, 6) is -0.232. The molecule has 0 bridgehead atoms. The number of aryl methyl sites for hydroxylation is 1. The Balaban J connectivity index is 1.12. The zero-order valence-corrected chi connectivity index (χ0v) is 30.1. The van der Waals surface area contributed by atoms with Gasteiger partial charge in [0.1, 0.15) is 6.04 Å². The van der Waals surface area contributed by atoms with E-state index in [9.17, 15) is 19.2 Å². The number of rotatable bonds is 12. The highest BCUT2D eigenvalue weighted by molar-refractivity contribution is 5.98. The standard InChI is InChI=1S/C39H47N9O5/c1-24-21-30(37(50)41-32-17-19-48(2)20-18-32)13-16-33(24)27-7-3-25(4-8-27)22-34(43-36(49)29-9-5-26(6-10-29)23-40-39(52)53)38(51)42-31-14-11-28(12-15-31)35-44-46-47-45-35/h3-4,7-8,11-16,21,26,29,32,34,40H,5-6,9-10,17-20,22-23H2,1-2H3,(H,41,50)(H,42,51)(H,43,49)(H,52,53)(H,44,45,46,47)/t26?,29?,34-/m0/s1. The molecule has 2 heterocycles. The number of H-pyrrole nitrogens is 1. The first kappa shape index (κ1) is 37.1. The van der Waals surface area contributed by atoms with Crippen molar-refractivity contribution < 1.29 is 24.3 Å². The molecular weight excluding hydrogens is 674 g/mol. The summed E-state index contributed by atoms with van der Waals surface area (Å²) >= 11 is 0. The van der Waals surface area contributed by atoms with E-state index in [-0.39, 0.29) is 42.0 Å². The Bertz CT molecular complexity index is 1870. The molecule has 53 heavy (non-hydrogen) atoms. The number of anilines is 1. The molecule has 1 saturated carbocycles. The lowest BCUT2D eigenvalue weighted by molar-refractivity contribution is -0.130. The number of amides is 4. The second-order valence-electron chi connectivity index (χ2n) is 14.2. The maximum Gasteiger partial charge on any atom is 0.404 e. The Kier molecular flexibility index (Phi) is 12.1. The SMILES string of the molecule is Cc1cc(C(=O)NC2CCN(C)CC2)ccc1-c1ccc(C[C@H](NC(=O)C2CCC(CNC(=O)O)CC2)C(=O)Nc2ccc(-c3nn[nH]n3)cc2)cc1. The van der Waals surface area contributed by atoms with E-state index in [0.717, 1.165) is 66.6 Å². The first-order chi connectivity index (χ1) is 25.6. The van der Waals surface area contributed by atoms with Gasteiger partial charge in [-0.1, -0.05) is 30.3 Å². The third kappa shape index (κ3) is 10.0. The number of aromatic amines is 1. The van der Waals surface area contributed by atoms with Crippen LogP contribution in [0.1, 0.15) is 60.0 Å². The normalized spacial score (nSPS) is 18.5. The summed E-state index contributed by atoms with van der Waals surface area (Å²) in [6.45, 7) is 4.32. The highest BCUT2D eigenvalue weighted by atomic mass is 16.4. The second-order valence-corrected chi connectivity index (χ2v) is 14.2. The Hall–Kier alpha value is -5.63. The second kappa shape index (κ2) is 17.3. The van der Waals surface area contributed by atoms with Gasteiger partial charge in [0.2, 0.25) is 17.6 Å². The van der Waals surface area contributed by atoms with Crippen LogP contribution in [0.25, 0.3) is 22.5 Å². The zero-order valence-electron chi connectivity index (χ0n) is 30.1. The summed E-state index contributed by atoms with van der Waals surface area (Å²) < 4.78 is 0. The Morgan fingerprint density at radius 2 is 1.60 bits per heavy atom. The third-order valence-corrected chi connectivity index (χ3v) is 10.4. The van der Waals surface area contributed by atoms with E-state index in [1.165, 1.54) is 0 Å². The molecule has 0 radical (unpaired) electrons. The molecule has 278 valence electrons. The predicted octanol–water partition coefficient (Wildman–Crippen LogP) is 4.41. The quantitative estimate of drug-likeness (QED) is 0.123. The fourth-order valence-corrected chi connectivity index (χ4v) is 7.18. The van der Waals surface area contributed by atoms with Crippen LogP contribution >= 0.6 is 0 Å². The third-order valence-electron chi connectivity index (χ3n) is 10.4. The van der Waals surface area contributed by atoms with Crippen molar-refractivity contribution in [1.29, 1.82) is 0 Å². The van der Waals surface area contributed by atoms with Crippen LogP contribution in [0.2, 0.25) is 0 Å². The van der Waals surface area contributed by atoms with Crippen molar-refractivity contribution in [1.82, 2.24) is 41.5 Å². The minimum absolute atomic E-state index is 0.0536. The van der Waals surface area contributed by atoms with E-state index in [1.54, 1.807) is 24.3 Å². The highest BCUT2D eigenvalue weighted by Gasteiger charge is 2.30. The maximum absolute atomic E-state index is 13.7.